The Morgan fingerprint density at radius 3 is 2.60 bits per heavy atom. The quantitative estimate of drug-likeness (QED) is 0.740. The molecule has 130 valence electrons. The van der Waals surface area contributed by atoms with Crippen LogP contribution in [-0.2, 0) is 9.53 Å². The minimum atomic E-state index is -0.937. The number of benzene rings is 1. The van der Waals surface area contributed by atoms with Gasteiger partial charge in [0.05, 0.1) is 12.5 Å². The summed E-state index contributed by atoms with van der Waals surface area (Å²) < 4.78 is 18.2. The molecule has 7 heteroatoms. The largest absolute Gasteiger partial charge is 0.448 e. The lowest BCUT2D eigenvalue weighted by Gasteiger charge is -2.20. The standard InChI is InChI=1S/C18H17FN2O3S/c1-12(17(22)21(2)11-3-10-20)24-18(23)16-9-8-15(25-16)13-4-6-14(19)7-5-13/h4-9,12H,3,11H2,1-2H3/t12-/m0/s1. The zero-order chi connectivity index (χ0) is 18.4. The summed E-state index contributed by atoms with van der Waals surface area (Å²) >= 11 is 1.21. The average Bonchev–Trinajstić information content (AvgIpc) is 3.09. The van der Waals surface area contributed by atoms with Gasteiger partial charge in [-0.15, -0.1) is 11.3 Å². The second kappa shape index (κ2) is 8.40. The summed E-state index contributed by atoms with van der Waals surface area (Å²) in [6, 6.07) is 11.3. The van der Waals surface area contributed by atoms with E-state index in [1.54, 1.807) is 31.3 Å². The van der Waals surface area contributed by atoms with E-state index < -0.39 is 12.1 Å². The summed E-state index contributed by atoms with van der Waals surface area (Å²) in [5.74, 6) is -1.28. The number of hydrogen-bond donors (Lipinski definition) is 0. The van der Waals surface area contributed by atoms with Crippen LogP contribution in [0.15, 0.2) is 36.4 Å². The average molecular weight is 360 g/mol. The number of rotatable bonds is 6. The molecule has 0 aliphatic rings. The highest BCUT2D eigenvalue weighted by atomic mass is 32.1. The number of nitriles is 1. The van der Waals surface area contributed by atoms with Crippen LogP contribution in [0.1, 0.15) is 23.0 Å². The van der Waals surface area contributed by atoms with Gasteiger partial charge in [-0.05, 0) is 36.8 Å². The van der Waals surface area contributed by atoms with Gasteiger partial charge in [0.2, 0.25) is 0 Å². The van der Waals surface area contributed by atoms with Crippen molar-refractivity contribution in [1.29, 1.82) is 5.26 Å². The zero-order valence-corrected chi connectivity index (χ0v) is 14.7. The number of thiophene rings is 1. The molecule has 1 aromatic carbocycles. The maximum Gasteiger partial charge on any atom is 0.349 e. The van der Waals surface area contributed by atoms with Crippen LogP contribution in [0.3, 0.4) is 0 Å². The third-order valence-electron chi connectivity index (χ3n) is 3.50. The zero-order valence-electron chi connectivity index (χ0n) is 13.9. The molecule has 2 rings (SSSR count). The van der Waals surface area contributed by atoms with Crippen LogP contribution in [0.2, 0.25) is 0 Å². The Hall–Kier alpha value is -2.72. The molecule has 5 nitrogen and oxygen atoms in total. The van der Waals surface area contributed by atoms with Gasteiger partial charge in [0.15, 0.2) is 6.10 Å². The molecule has 0 aliphatic heterocycles. The Morgan fingerprint density at radius 1 is 1.28 bits per heavy atom. The highest BCUT2D eigenvalue weighted by molar-refractivity contribution is 7.17. The van der Waals surface area contributed by atoms with E-state index >= 15 is 0 Å². The number of hydrogen-bond acceptors (Lipinski definition) is 5. The molecular formula is C18H17FN2O3S. The van der Waals surface area contributed by atoms with Gasteiger partial charge < -0.3 is 9.64 Å². The first-order valence-electron chi connectivity index (χ1n) is 7.61. The molecule has 0 aliphatic carbocycles. The summed E-state index contributed by atoms with van der Waals surface area (Å²) in [7, 11) is 1.56. The molecule has 0 bridgehead atoms. The summed E-state index contributed by atoms with van der Waals surface area (Å²) in [6.07, 6.45) is -0.720. The molecule has 1 atom stereocenters. The van der Waals surface area contributed by atoms with E-state index in [0.717, 1.165) is 10.4 Å². The normalized spacial score (nSPS) is 11.4. The van der Waals surface area contributed by atoms with E-state index in [1.165, 1.54) is 35.3 Å². The van der Waals surface area contributed by atoms with E-state index in [0.29, 0.717) is 4.88 Å². The van der Waals surface area contributed by atoms with Crippen molar-refractivity contribution in [2.45, 2.75) is 19.4 Å². The molecular weight excluding hydrogens is 343 g/mol. The topological polar surface area (TPSA) is 70.4 Å². The van der Waals surface area contributed by atoms with Crippen LogP contribution < -0.4 is 0 Å². The fraction of sp³-hybridized carbons (Fsp3) is 0.278. The van der Waals surface area contributed by atoms with E-state index in [2.05, 4.69) is 0 Å². The molecule has 0 spiro atoms. The highest BCUT2D eigenvalue weighted by Gasteiger charge is 2.23. The first-order valence-corrected chi connectivity index (χ1v) is 8.42. The lowest BCUT2D eigenvalue weighted by molar-refractivity contribution is -0.138. The smallest absolute Gasteiger partial charge is 0.349 e. The number of esters is 1. The second-order valence-corrected chi connectivity index (χ2v) is 6.47. The molecule has 0 N–H and O–H groups in total. The van der Waals surface area contributed by atoms with Crippen molar-refractivity contribution < 1.29 is 18.7 Å². The van der Waals surface area contributed by atoms with Gasteiger partial charge in [0.1, 0.15) is 10.7 Å². The van der Waals surface area contributed by atoms with Crippen LogP contribution in [0.4, 0.5) is 4.39 Å². The first-order chi connectivity index (χ1) is 11.9. The Kier molecular flexibility index (Phi) is 6.25. The third kappa shape index (κ3) is 4.88. The summed E-state index contributed by atoms with van der Waals surface area (Å²) in [4.78, 5) is 26.8. The molecule has 0 saturated carbocycles. The molecule has 25 heavy (non-hydrogen) atoms. The van der Waals surface area contributed by atoms with Crippen molar-refractivity contribution in [1.82, 2.24) is 4.90 Å². The van der Waals surface area contributed by atoms with Crippen LogP contribution >= 0.6 is 11.3 Å². The molecule has 0 fully saturated rings. The molecule has 0 saturated heterocycles. The molecule has 0 radical (unpaired) electrons. The van der Waals surface area contributed by atoms with Gasteiger partial charge in [-0.3, -0.25) is 4.79 Å². The number of carbonyl (C=O) groups excluding carboxylic acids is 2. The maximum atomic E-state index is 13.0. The van der Waals surface area contributed by atoms with Gasteiger partial charge >= 0.3 is 5.97 Å². The van der Waals surface area contributed by atoms with Gasteiger partial charge in [-0.2, -0.15) is 5.26 Å². The van der Waals surface area contributed by atoms with Crippen molar-refractivity contribution >= 4 is 23.2 Å². The Bertz CT molecular complexity index is 795. The van der Waals surface area contributed by atoms with Crippen molar-refractivity contribution in [2.75, 3.05) is 13.6 Å². The third-order valence-corrected chi connectivity index (χ3v) is 4.62. The first kappa shape index (κ1) is 18.6. The van der Waals surface area contributed by atoms with E-state index in [-0.39, 0.29) is 24.7 Å². The number of amides is 1. The van der Waals surface area contributed by atoms with Gasteiger partial charge in [-0.1, -0.05) is 12.1 Å². The van der Waals surface area contributed by atoms with Crippen LogP contribution in [0.25, 0.3) is 10.4 Å². The van der Waals surface area contributed by atoms with Crippen molar-refractivity contribution in [2.24, 2.45) is 0 Å². The lowest BCUT2D eigenvalue weighted by Crippen LogP contribution is -2.37. The maximum absolute atomic E-state index is 13.0. The van der Waals surface area contributed by atoms with E-state index in [4.69, 9.17) is 10.00 Å². The van der Waals surface area contributed by atoms with Gasteiger partial charge in [0, 0.05) is 18.5 Å². The summed E-state index contributed by atoms with van der Waals surface area (Å²) in [5, 5.41) is 8.55. The second-order valence-electron chi connectivity index (χ2n) is 5.39. The predicted molar refractivity (Wildman–Crippen MR) is 92.5 cm³/mol. The summed E-state index contributed by atoms with van der Waals surface area (Å²) in [5.41, 5.74) is 0.797. The molecule has 1 aromatic heterocycles. The fourth-order valence-corrected chi connectivity index (χ4v) is 3.02. The fourth-order valence-electron chi connectivity index (χ4n) is 2.12. The summed E-state index contributed by atoms with van der Waals surface area (Å²) in [6.45, 7) is 1.78. The Balaban J connectivity index is 2.00. The van der Waals surface area contributed by atoms with Crippen LogP contribution in [-0.4, -0.2) is 36.5 Å². The predicted octanol–water partition coefficient (Wildman–Crippen LogP) is 3.47. The Morgan fingerprint density at radius 2 is 1.96 bits per heavy atom. The van der Waals surface area contributed by atoms with Crippen molar-refractivity contribution in [3.05, 3.63) is 47.1 Å². The molecule has 2 aromatic rings. The molecule has 1 heterocycles. The molecule has 0 unspecified atom stereocenters. The minimum Gasteiger partial charge on any atom is -0.448 e. The van der Waals surface area contributed by atoms with E-state index in [9.17, 15) is 14.0 Å². The number of likely N-dealkylation sites (N-methyl/N-ethyl adjacent to an activating group) is 1. The van der Waals surface area contributed by atoms with Crippen LogP contribution in [0.5, 0.6) is 0 Å². The van der Waals surface area contributed by atoms with Crippen molar-refractivity contribution in [3.8, 4) is 16.5 Å². The Labute approximate surface area is 149 Å². The number of halogens is 1. The lowest BCUT2D eigenvalue weighted by atomic mass is 10.2. The number of ether oxygens (including phenoxy) is 1. The number of nitrogens with zero attached hydrogens (tertiary/aromatic N) is 2. The van der Waals surface area contributed by atoms with Crippen LogP contribution in [0, 0.1) is 17.1 Å². The SMILES string of the molecule is C[C@H](OC(=O)c1ccc(-c2ccc(F)cc2)s1)C(=O)N(C)CCC#N. The van der Waals surface area contributed by atoms with Crippen molar-refractivity contribution in [3.63, 3.8) is 0 Å². The minimum absolute atomic E-state index is 0.217. The number of carbonyl (C=O) groups is 2. The van der Waals surface area contributed by atoms with Gasteiger partial charge in [-0.25, -0.2) is 9.18 Å². The monoisotopic (exact) mass is 360 g/mol. The highest BCUT2D eigenvalue weighted by Crippen LogP contribution is 2.28. The van der Waals surface area contributed by atoms with Gasteiger partial charge in [0.25, 0.3) is 5.91 Å². The van der Waals surface area contributed by atoms with E-state index in [1.807, 2.05) is 6.07 Å². The molecule has 1 amide bonds.